The molecular weight excluding hydrogens is 278 g/mol. The van der Waals surface area contributed by atoms with Gasteiger partial charge in [0, 0.05) is 17.1 Å². The summed E-state index contributed by atoms with van der Waals surface area (Å²) in [5, 5.41) is 1.18. The summed E-state index contributed by atoms with van der Waals surface area (Å²) in [5.41, 5.74) is 2.71. The third-order valence-corrected chi connectivity index (χ3v) is 4.92. The molecule has 3 aromatic rings. The van der Waals surface area contributed by atoms with Crippen molar-refractivity contribution in [2.75, 3.05) is 11.4 Å². The summed E-state index contributed by atoms with van der Waals surface area (Å²) >= 11 is 1.75. The highest BCUT2D eigenvalue weighted by Crippen LogP contribution is 2.37. The molecule has 0 saturated carbocycles. The van der Waals surface area contributed by atoms with Crippen molar-refractivity contribution in [1.82, 2.24) is 9.97 Å². The van der Waals surface area contributed by atoms with Crippen molar-refractivity contribution < 1.29 is 0 Å². The molecule has 0 fully saturated rings. The summed E-state index contributed by atoms with van der Waals surface area (Å²) in [5.74, 6) is 1.91. The Morgan fingerprint density at radius 3 is 2.90 bits per heavy atom. The normalized spacial score (nSPS) is 14.5. The molecule has 1 aliphatic rings. The van der Waals surface area contributed by atoms with E-state index in [0.29, 0.717) is 0 Å². The highest BCUT2D eigenvalue weighted by atomic mass is 32.1. The molecule has 1 aromatic carbocycles. The molecule has 1 aliphatic heterocycles. The quantitative estimate of drug-likeness (QED) is 0.666. The molecule has 0 atom stereocenters. The summed E-state index contributed by atoms with van der Waals surface area (Å²) in [7, 11) is 0. The van der Waals surface area contributed by atoms with Crippen LogP contribution in [0.4, 0.5) is 11.5 Å². The smallest absolute Gasteiger partial charge is 0.145 e. The number of hydrogen-bond donors (Lipinski definition) is 0. The van der Waals surface area contributed by atoms with Crippen LogP contribution in [0, 0.1) is 13.8 Å². The van der Waals surface area contributed by atoms with E-state index in [0.717, 1.165) is 29.4 Å². The molecule has 106 valence electrons. The van der Waals surface area contributed by atoms with Gasteiger partial charge in [0.25, 0.3) is 0 Å². The van der Waals surface area contributed by atoms with Gasteiger partial charge < -0.3 is 4.90 Å². The first-order valence-electron chi connectivity index (χ1n) is 7.32. The van der Waals surface area contributed by atoms with E-state index in [2.05, 4.69) is 47.1 Å². The molecule has 0 N–H and O–H groups in total. The van der Waals surface area contributed by atoms with Crippen LogP contribution in [0.25, 0.3) is 10.2 Å². The molecular formula is C17H17N3S. The average Bonchev–Trinajstić information content (AvgIpc) is 2.86. The van der Waals surface area contributed by atoms with Gasteiger partial charge >= 0.3 is 0 Å². The number of fused-ring (bicyclic) bond motifs is 2. The average molecular weight is 295 g/mol. The molecule has 0 spiro atoms. The van der Waals surface area contributed by atoms with Crippen molar-refractivity contribution in [2.24, 2.45) is 0 Å². The highest BCUT2D eigenvalue weighted by molar-refractivity contribution is 7.18. The molecule has 3 nitrogen and oxygen atoms in total. The van der Waals surface area contributed by atoms with Crippen LogP contribution in [0.15, 0.2) is 30.3 Å². The van der Waals surface area contributed by atoms with Crippen LogP contribution in [0.3, 0.4) is 0 Å². The van der Waals surface area contributed by atoms with Crippen molar-refractivity contribution in [2.45, 2.75) is 26.7 Å². The van der Waals surface area contributed by atoms with Crippen LogP contribution in [-0.4, -0.2) is 16.5 Å². The number of para-hydroxylation sites is 1. The van der Waals surface area contributed by atoms with Crippen molar-refractivity contribution >= 4 is 33.1 Å². The largest absolute Gasteiger partial charge is 0.325 e. The molecule has 0 unspecified atom stereocenters. The van der Waals surface area contributed by atoms with Crippen molar-refractivity contribution in [3.05, 3.63) is 46.6 Å². The number of aryl methyl sites for hydroxylation is 3. The third-order valence-electron chi connectivity index (χ3n) is 3.97. The van der Waals surface area contributed by atoms with Gasteiger partial charge in [0.2, 0.25) is 0 Å². The standard InChI is InChI=1S/C17H17N3S/c1-11-10-14-16(18-12(2)19-17(14)21-11)20-9-5-7-13-6-3-4-8-15(13)20/h3-4,6,8,10H,5,7,9H2,1-2H3. The van der Waals surface area contributed by atoms with E-state index in [9.17, 15) is 0 Å². The summed E-state index contributed by atoms with van der Waals surface area (Å²) < 4.78 is 0. The van der Waals surface area contributed by atoms with Crippen LogP contribution in [0.5, 0.6) is 0 Å². The zero-order chi connectivity index (χ0) is 14.4. The monoisotopic (exact) mass is 295 g/mol. The van der Waals surface area contributed by atoms with Gasteiger partial charge in [0.15, 0.2) is 0 Å². The van der Waals surface area contributed by atoms with Gasteiger partial charge in [-0.25, -0.2) is 9.97 Å². The van der Waals surface area contributed by atoms with Crippen LogP contribution in [0.1, 0.15) is 22.7 Å². The number of benzene rings is 1. The molecule has 0 bridgehead atoms. The van der Waals surface area contributed by atoms with E-state index in [1.807, 2.05) is 6.92 Å². The maximum atomic E-state index is 4.76. The zero-order valence-corrected chi connectivity index (χ0v) is 13.1. The lowest BCUT2D eigenvalue weighted by Gasteiger charge is -2.30. The maximum Gasteiger partial charge on any atom is 0.145 e. The number of anilines is 2. The Bertz CT molecular complexity index is 822. The molecule has 0 saturated heterocycles. The second kappa shape index (κ2) is 4.81. The summed E-state index contributed by atoms with van der Waals surface area (Å²) in [6.07, 6.45) is 2.33. The minimum atomic E-state index is 0.849. The predicted octanol–water partition coefficient (Wildman–Crippen LogP) is 4.39. The van der Waals surface area contributed by atoms with Gasteiger partial charge in [-0.2, -0.15) is 0 Å². The zero-order valence-electron chi connectivity index (χ0n) is 12.3. The number of nitrogens with zero attached hydrogens (tertiary/aromatic N) is 3. The molecule has 0 radical (unpaired) electrons. The fourth-order valence-electron chi connectivity index (χ4n) is 3.09. The number of aromatic nitrogens is 2. The first-order valence-corrected chi connectivity index (χ1v) is 8.14. The van der Waals surface area contributed by atoms with Crippen LogP contribution in [0.2, 0.25) is 0 Å². The molecule has 4 heteroatoms. The molecule has 2 aromatic heterocycles. The SMILES string of the molecule is Cc1nc(N2CCCc3ccccc32)c2cc(C)sc2n1. The second-order valence-electron chi connectivity index (χ2n) is 5.55. The Labute approximate surface area is 128 Å². The summed E-state index contributed by atoms with van der Waals surface area (Å²) in [6, 6.07) is 10.9. The number of rotatable bonds is 1. The van der Waals surface area contributed by atoms with Crippen LogP contribution in [-0.2, 0) is 6.42 Å². The van der Waals surface area contributed by atoms with E-state index in [-0.39, 0.29) is 0 Å². The van der Waals surface area contributed by atoms with Crippen molar-refractivity contribution in [3.63, 3.8) is 0 Å². The maximum absolute atomic E-state index is 4.76. The number of hydrogen-bond acceptors (Lipinski definition) is 4. The first kappa shape index (κ1) is 12.8. The van der Waals surface area contributed by atoms with Crippen LogP contribution < -0.4 is 4.90 Å². The van der Waals surface area contributed by atoms with E-state index in [1.54, 1.807) is 11.3 Å². The first-order chi connectivity index (χ1) is 10.2. The Balaban J connectivity index is 1.95. The Morgan fingerprint density at radius 1 is 1.14 bits per heavy atom. The van der Waals surface area contributed by atoms with Gasteiger partial charge in [-0.15, -0.1) is 11.3 Å². The summed E-state index contributed by atoms with van der Waals surface area (Å²) in [4.78, 5) is 14.1. The van der Waals surface area contributed by atoms with Gasteiger partial charge in [0.1, 0.15) is 16.5 Å². The lowest BCUT2D eigenvalue weighted by atomic mass is 10.0. The Kier molecular flexibility index (Phi) is 2.93. The van der Waals surface area contributed by atoms with Crippen LogP contribution >= 0.6 is 11.3 Å². The van der Waals surface area contributed by atoms with Gasteiger partial charge in [-0.1, -0.05) is 18.2 Å². The molecule has 0 amide bonds. The minimum absolute atomic E-state index is 0.849. The lowest BCUT2D eigenvalue weighted by molar-refractivity contribution is 0.759. The van der Waals surface area contributed by atoms with Gasteiger partial charge in [0.05, 0.1) is 5.39 Å². The molecule has 4 rings (SSSR count). The minimum Gasteiger partial charge on any atom is -0.325 e. The molecule has 0 aliphatic carbocycles. The van der Waals surface area contributed by atoms with E-state index >= 15 is 0 Å². The molecule has 21 heavy (non-hydrogen) atoms. The topological polar surface area (TPSA) is 29.0 Å². The molecule has 3 heterocycles. The fraction of sp³-hybridized carbons (Fsp3) is 0.294. The van der Waals surface area contributed by atoms with E-state index in [4.69, 9.17) is 4.98 Å². The lowest BCUT2D eigenvalue weighted by Crippen LogP contribution is -2.25. The number of thiophene rings is 1. The van der Waals surface area contributed by atoms with Crippen molar-refractivity contribution in [3.8, 4) is 0 Å². The second-order valence-corrected chi connectivity index (χ2v) is 6.79. The highest BCUT2D eigenvalue weighted by Gasteiger charge is 2.22. The van der Waals surface area contributed by atoms with E-state index in [1.165, 1.54) is 27.9 Å². The van der Waals surface area contributed by atoms with Gasteiger partial charge in [-0.05, 0) is 44.4 Å². The van der Waals surface area contributed by atoms with Gasteiger partial charge in [-0.3, -0.25) is 0 Å². The predicted molar refractivity (Wildman–Crippen MR) is 88.7 cm³/mol. The third kappa shape index (κ3) is 2.10. The Hall–Kier alpha value is -1.94. The van der Waals surface area contributed by atoms with E-state index < -0.39 is 0 Å². The summed E-state index contributed by atoms with van der Waals surface area (Å²) in [6.45, 7) is 5.14. The Morgan fingerprint density at radius 2 is 2.00 bits per heavy atom. The van der Waals surface area contributed by atoms with Crippen molar-refractivity contribution in [1.29, 1.82) is 0 Å². The fourth-order valence-corrected chi connectivity index (χ4v) is 4.01.